The van der Waals surface area contributed by atoms with E-state index in [-0.39, 0.29) is 10.7 Å². The van der Waals surface area contributed by atoms with E-state index in [4.69, 9.17) is 16.7 Å². The minimum Gasteiger partial charge on any atom is -0.477 e. The Hall–Kier alpha value is -1.31. The van der Waals surface area contributed by atoms with E-state index in [0.717, 1.165) is 9.79 Å². The van der Waals surface area contributed by atoms with Crippen molar-refractivity contribution in [1.29, 1.82) is 0 Å². The van der Waals surface area contributed by atoms with Gasteiger partial charge in [-0.15, -0.1) is 11.8 Å². The Labute approximate surface area is 108 Å². The number of thioether (sulfide) groups is 2. The molecule has 0 saturated heterocycles. The molecule has 0 radical (unpaired) electrons. The monoisotopic (exact) mass is 271 g/mol. The van der Waals surface area contributed by atoms with Crippen LogP contribution in [0.2, 0.25) is 0 Å². The van der Waals surface area contributed by atoms with Crippen LogP contribution in [0, 0.1) is 0 Å². The SMILES string of the molecule is CSc1ccc(S/C(NN)=C(/N)C(=O)O)cc1. The molecule has 0 aliphatic heterocycles. The van der Waals surface area contributed by atoms with Crippen LogP contribution in [0.3, 0.4) is 0 Å². The number of carboxylic acid groups (broad SMARTS) is 1. The van der Waals surface area contributed by atoms with Gasteiger partial charge < -0.3 is 16.3 Å². The molecule has 0 atom stereocenters. The van der Waals surface area contributed by atoms with Gasteiger partial charge >= 0.3 is 5.97 Å². The Bertz CT molecular complexity index is 432. The van der Waals surface area contributed by atoms with Crippen molar-refractivity contribution in [1.82, 2.24) is 5.43 Å². The maximum Gasteiger partial charge on any atom is 0.354 e. The van der Waals surface area contributed by atoms with E-state index >= 15 is 0 Å². The van der Waals surface area contributed by atoms with Crippen LogP contribution in [0.5, 0.6) is 0 Å². The van der Waals surface area contributed by atoms with Crippen LogP contribution in [-0.4, -0.2) is 17.3 Å². The van der Waals surface area contributed by atoms with E-state index in [1.165, 1.54) is 11.8 Å². The molecule has 7 heteroatoms. The smallest absolute Gasteiger partial charge is 0.354 e. The largest absolute Gasteiger partial charge is 0.477 e. The lowest BCUT2D eigenvalue weighted by Crippen LogP contribution is -2.26. The highest BCUT2D eigenvalue weighted by Gasteiger charge is 2.11. The summed E-state index contributed by atoms with van der Waals surface area (Å²) in [5.74, 6) is 4.04. The third-order valence-electron chi connectivity index (χ3n) is 1.89. The quantitative estimate of drug-likeness (QED) is 0.276. The first kappa shape index (κ1) is 13.8. The van der Waals surface area contributed by atoms with Crippen LogP contribution < -0.4 is 17.0 Å². The predicted octanol–water partition coefficient (Wildman–Crippen LogP) is 1.18. The minimum absolute atomic E-state index is 0.217. The molecule has 0 saturated carbocycles. The van der Waals surface area contributed by atoms with Gasteiger partial charge in [-0.1, -0.05) is 11.8 Å². The van der Waals surface area contributed by atoms with Gasteiger partial charge in [0, 0.05) is 9.79 Å². The lowest BCUT2D eigenvalue weighted by Gasteiger charge is -2.08. The number of carbonyl (C=O) groups is 1. The van der Waals surface area contributed by atoms with Crippen LogP contribution in [0.4, 0.5) is 0 Å². The summed E-state index contributed by atoms with van der Waals surface area (Å²) in [4.78, 5) is 12.7. The molecular formula is C10H13N3O2S2. The van der Waals surface area contributed by atoms with Crippen LogP contribution >= 0.6 is 23.5 Å². The lowest BCUT2D eigenvalue weighted by atomic mass is 10.4. The van der Waals surface area contributed by atoms with Gasteiger partial charge in [0.15, 0.2) is 0 Å². The summed E-state index contributed by atoms with van der Waals surface area (Å²) >= 11 is 2.81. The second kappa shape index (κ2) is 6.43. The third kappa shape index (κ3) is 3.88. The standard InChI is InChI=1S/C10H13N3O2S2/c1-16-6-2-4-7(5-3-6)17-9(13-12)8(11)10(14)15/h2-5,13H,11-12H2,1H3,(H,14,15)/b9-8+. The van der Waals surface area contributed by atoms with Crippen molar-refractivity contribution in [3.8, 4) is 0 Å². The van der Waals surface area contributed by atoms with E-state index in [9.17, 15) is 4.79 Å². The second-order valence-electron chi connectivity index (χ2n) is 2.97. The molecule has 1 aromatic rings. The molecule has 1 aromatic carbocycles. The molecule has 0 unspecified atom stereocenters. The number of nitrogens with one attached hydrogen (secondary N) is 1. The molecule has 0 bridgehead atoms. The molecule has 0 spiro atoms. The maximum absolute atomic E-state index is 10.7. The van der Waals surface area contributed by atoms with Gasteiger partial charge in [0.05, 0.1) is 0 Å². The van der Waals surface area contributed by atoms with Crippen molar-refractivity contribution < 1.29 is 9.90 Å². The summed E-state index contributed by atoms with van der Waals surface area (Å²) in [5, 5.41) is 8.97. The number of hydrogen-bond donors (Lipinski definition) is 4. The van der Waals surface area contributed by atoms with Crippen molar-refractivity contribution in [3.63, 3.8) is 0 Å². The summed E-state index contributed by atoms with van der Waals surface area (Å²) in [5.41, 5.74) is 7.38. The van der Waals surface area contributed by atoms with Crippen LogP contribution in [0.15, 0.2) is 44.8 Å². The van der Waals surface area contributed by atoms with E-state index in [1.807, 2.05) is 30.5 Å². The Morgan fingerprint density at radius 3 is 2.24 bits per heavy atom. The van der Waals surface area contributed by atoms with Gasteiger partial charge in [-0.05, 0) is 30.5 Å². The number of rotatable bonds is 5. The first-order chi connectivity index (χ1) is 8.08. The highest BCUT2D eigenvalue weighted by Crippen LogP contribution is 2.27. The number of benzene rings is 1. The lowest BCUT2D eigenvalue weighted by molar-refractivity contribution is -0.132. The summed E-state index contributed by atoms with van der Waals surface area (Å²) in [7, 11) is 0. The average molecular weight is 271 g/mol. The molecule has 92 valence electrons. The summed E-state index contributed by atoms with van der Waals surface area (Å²) < 4.78 is 0. The van der Waals surface area contributed by atoms with Crippen molar-refractivity contribution >= 4 is 29.5 Å². The molecule has 0 aliphatic carbocycles. The molecule has 0 aromatic heterocycles. The first-order valence-corrected chi connectivity index (χ1v) is 6.64. The van der Waals surface area contributed by atoms with E-state index in [1.54, 1.807) is 11.8 Å². The number of carboxylic acids is 1. The number of aliphatic carboxylic acids is 1. The first-order valence-electron chi connectivity index (χ1n) is 4.60. The predicted molar refractivity (Wildman–Crippen MR) is 70.3 cm³/mol. The van der Waals surface area contributed by atoms with Crippen LogP contribution in [0.25, 0.3) is 0 Å². The normalized spacial score (nSPS) is 11.9. The van der Waals surface area contributed by atoms with E-state index in [0.29, 0.717) is 0 Å². The fraction of sp³-hybridized carbons (Fsp3) is 0.100. The van der Waals surface area contributed by atoms with E-state index < -0.39 is 5.97 Å². The average Bonchev–Trinajstić information content (AvgIpc) is 2.35. The highest BCUT2D eigenvalue weighted by atomic mass is 32.2. The zero-order valence-electron chi connectivity index (χ0n) is 9.14. The molecule has 0 heterocycles. The summed E-state index contributed by atoms with van der Waals surface area (Å²) in [6, 6.07) is 7.64. The van der Waals surface area contributed by atoms with Gasteiger partial charge in [0.2, 0.25) is 0 Å². The Kier molecular flexibility index (Phi) is 5.20. The van der Waals surface area contributed by atoms with Gasteiger partial charge in [-0.25, -0.2) is 10.6 Å². The van der Waals surface area contributed by atoms with Crippen LogP contribution in [0.1, 0.15) is 0 Å². The Morgan fingerprint density at radius 2 is 1.82 bits per heavy atom. The van der Waals surface area contributed by atoms with Gasteiger partial charge in [0.1, 0.15) is 10.7 Å². The summed E-state index contributed by atoms with van der Waals surface area (Å²) in [6.07, 6.45) is 1.98. The fourth-order valence-corrected chi connectivity index (χ4v) is 2.19. The fourth-order valence-electron chi connectivity index (χ4n) is 1.02. The van der Waals surface area contributed by atoms with Crippen LogP contribution in [-0.2, 0) is 4.79 Å². The highest BCUT2D eigenvalue weighted by molar-refractivity contribution is 8.03. The molecular weight excluding hydrogens is 258 g/mol. The number of hydrazine groups is 1. The molecule has 0 fully saturated rings. The molecule has 0 aliphatic rings. The van der Waals surface area contributed by atoms with Crippen molar-refractivity contribution in [2.75, 3.05) is 6.26 Å². The minimum atomic E-state index is -1.20. The molecule has 5 nitrogen and oxygen atoms in total. The van der Waals surface area contributed by atoms with Crippen molar-refractivity contribution in [3.05, 3.63) is 35.0 Å². The molecule has 1 rings (SSSR count). The number of hydrogen-bond acceptors (Lipinski definition) is 6. The van der Waals surface area contributed by atoms with Crippen molar-refractivity contribution in [2.24, 2.45) is 11.6 Å². The second-order valence-corrected chi connectivity index (χ2v) is 4.93. The van der Waals surface area contributed by atoms with Gasteiger partial charge in [0.25, 0.3) is 0 Å². The van der Waals surface area contributed by atoms with Gasteiger partial charge in [-0.2, -0.15) is 0 Å². The Morgan fingerprint density at radius 1 is 1.29 bits per heavy atom. The molecule has 17 heavy (non-hydrogen) atoms. The zero-order valence-corrected chi connectivity index (χ0v) is 10.8. The third-order valence-corrected chi connectivity index (χ3v) is 3.68. The topological polar surface area (TPSA) is 101 Å². The van der Waals surface area contributed by atoms with Crippen molar-refractivity contribution in [2.45, 2.75) is 9.79 Å². The Balaban J connectivity index is 2.88. The maximum atomic E-state index is 10.7. The van der Waals surface area contributed by atoms with E-state index in [2.05, 4.69) is 5.43 Å². The van der Waals surface area contributed by atoms with Gasteiger partial charge in [-0.3, -0.25) is 0 Å². The number of nitrogens with two attached hydrogens (primary N) is 2. The zero-order chi connectivity index (χ0) is 12.8. The summed E-state index contributed by atoms with van der Waals surface area (Å²) in [6.45, 7) is 0. The molecule has 0 amide bonds. The molecule has 6 N–H and O–H groups in total.